The van der Waals surface area contributed by atoms with Crippen molar-refractivity contribution in [2.45, 2.75) is 31.6 Å². The number of aromatic nitrogens is 2. The summed E-state index contributed by atoms with van der Waals surface area (Å²) in [6.07, 6.45) is -4.02. The highest BCUT2D eigenvalue weighted by atomic mass is 16.7. The van der Waals surface area contributed by atoms with Crippen molar-refractivity contribution < 1.29 is 33.3 Å². The lowest BCUT2D eigenvalue weighted by atomic mass is 10.2. The zero-order valence-electron chi connectivity index (χ0n) is 19.3. The molecule has 0 spiro atoms. The van der Waals surface area contributed by atoms with E-state index in [0.29, 0.717) is 4.57 Å². The van der Waals surface area contributed by atoms with Gasteiger partial charge in [-0.05, 0) is 24.3 Å². The summed E-state index contributed by atoms with van der Waals surface area (Å²) in [5.74, 6) is -2.30. The highest BCUT2D eigenvalue weighted by Crippen LogP contribution is 2.33. The fourth-order valence-electron chi connectivity index (χ4n) is 3.81. The van der Waals surface area contributed by atoms with Gasteiger partial charge in [-0.25, -0.2) is 9.59 Å². The molecule has 1 aromatic heterocycles. The first-order valence-corrected chi connectivity index (χ1v) is 10.9. The third-order valence-corrected chi connectivity index (χ3v) is 5.46. The van der Waals surface area contributed by atoms with E-state index >= 15 is 0 Å². The van der Waals surface area contributed by atoms with E-state index in [4.69, 9.17) is 18.9 Å². The first kappa shape index (κ1) is 24.8. The van der Waals surface area contributed by atoms with Crippen LogP contribution in [0.2, 0.25) is 0 Å². The van der Waals surface area contributed by atoms with Crippen LogP contribution in [-0.4, -0.2) is 52.6 Å². The molecule has 0 saturated carbocycles. The summed E-state index contributed by atoms with van der Waals surface area (Å²) in [5, 5.41) is 0. The second kappa shape index (κ2) is 10.5. The van der Waals surface area contributed by atoms with E-state index in [2.05, 4.69) is 0 Å². The lowest BCUT2D eigenvalue weighted by Crippen LogP contribution is -2.46. The molecule has 0 amide bonds. The van der Waals surface area contributed by atoms with E-state index in [9.17, 15) is 24.0 Å². The van der Waals surface area contributed by atoms with Crippen molar-refractivity contribution in [3.8, 4) is 0 Å². The van der Waals surface area contributed by atoms with Crippen molar-refractivity contribution in [3.05, 3.63) is 105 Å². The van der Waals surface area contributed by atoms with Crippen LogP contribution in [0.5, 0.6) is 0 Å². The van der Waals surface area contributed by atoms with Gasteiger partial charge in [0.25, 0.3) is 11.5 Å². The fraction of sp³-hybridized carbons (Fsp3) is 0.240. The molecule has 11 nitrogen and oxygen atoms in total. The number of nitrogens with zero attached hydrogens (tertiary/aromatic N) is 2. The summed E-state index contributed by atoms with van der Waals surface area (Å²) in [5.41, 5.74) is -1.50. The summed E-state index contributed by atoms with van der Waals surface area (Å²) in [7, 11) is 1.29. The molecular formula is C25H22N2O9. The molecule has 3 aromatic rings. The monoisotopic (exact) mass is 494 g/mol. The maximum Gasteiger partial charge on any atom is 0.340 e. The number of hydrogen-bond donors (Lipinski definition) is 0. The smallest absolute Gasteiger partial charge is 0.340 e. The van der Waals surface area contributed by atoms with Crippen molar-refractivity contribution in [2.75, 3.05) is 7.11 Å². The number of hydrogen-bond acceptors (Lipinski definition) is 9. The van der Waals surface area contributed by atoms with E-state index < -0.39 is 53.8 Å². The van der Waals surface area contributed by atoms with Gasteiger partial charge in [-0.1, -0.05) is 36.4 Å². The Hall–Kier alpha value is -4.35. The molecule has 2 aromatic carbocycles. The summed E-state index contributed by atoms with van der Waals surface area (Å²) in [6, 6.07) is 16.9. The van der Waals surface area contributed by atoms with Gasteiger partial charge in [0.2, 0.25) is 6.29 Å². The highest BCUT2D eigenvalue weighted by molar-refractivity contribution is 5.95. The largest absolute Gasteiger partial charge is 0.449 e. The van der Waals surface area contributed by atoms with Gasteiger partial charge in [0.1, 0.15) is 6.10 Å². The Labute approximate surface area is 204 Å². The Morgan fingerprint density at radius 1 is 0.833 bits per heavy atom. The Bertz CT molecular complexity index is 1380. The molecule has 0 aliphatic carbocycles. The standard InChI is InChI=1S/C25H22N2O9/c1-15(28)34-24-20(35-23(31)17-11-7-4-8-12-17)19(33-2)22(36-24)26-14-13-18(29)27(25(26)32)21(30)16-9-5-3-6-10-16/h3-14,19-20,22,24H,1-2H3/t19?,20-,22-,24+/m1/s1. The number of carbonyl (C=O) groups is 3. The molecule has 1 fully saturated rings. The molecule has 0 bridgehead atoms. The van der Waals surface area contributed by atoms with Crippen LogP contribution < -0.4 is 11.2 Å². The van der Waals surface area contributed by atoms with Gasteiger partial charge in [0.05, 0.1) is 5.56 Å². The van der Waals surface area contributed by atoms with E-state index in [1.54, 1.807) is 36.4 Å². The normalized spacial score (nSPS) is 21.1. The minimum absolute atomic E-state index is 0.123. The average Bonchev–Trinajstić information content (AvgIpc) is 3.20. The summed E-state index contributed by atoms with van der Waals surface area (Å²) in [4.78, 5) is 63.1. The second-order valence-corrected chi connectivity index (χ2v) is 7.79. The van der Waals surface area contributed by atoms with E-state index in [1.807, 2.05) is 0 Å². The van der Waals surface area contributed by atoms with Crippen LogP contribution in [0, 0.1) is 0 Å². The van der Waals surface area contributed by atoms with Gasteiger partial charge >= 0.3 is 17.6 Å². The molecule has 36 heavy (non-hydrogen) atoms. The topological polar surface area (TPSA) is 132 Å². The Balaban J connectivity index is 1.72. The van der Waals surface area contributed by atoms with Crippen LogP contribution in [0.1, 0.15) is 33.9 Å². The predicted octanol–water partition coefficient (Wildman–Crippen LogP) is 1.36. The SMILES string of the molecule is COC1[C@@H](OC(=O)c2ccccc2)[C@@H](OC(C)=O)O[C@H]1n1ccc(=O)n(C(=O)c2ccccc2)c1=O. The number of esters is 2. The lowest BCUT2D eigenvalue weighted by Gasteiger charge is -2.23. The first-order chi connectivity index (χ1) is 17.3. The molecule has 0 radical (unpaired) electrons. The maximum atomic E-state index is 13.3. The minimum atomic E-state index is -1.43. The number of rotatable bonds is 6. The van der Waals surface area contributed by atoms with E-state index in [0.717, 1.165) is 23.8 Å². The lowest BCUT2D eigenvalue weighted by molar-refractivity contribution is -0.191. The Kier molecular flexibility index (Phi) is 7.23. The quantitative estimate of drug-likeness (QED) is 0.466. The third kappa shape index (κ3) is 4.88. The zero-order valence-corrected chi connectivity index (χ0v) is 19.3. The molecule has 4 rings (SSSR count). The van der Waals surface area contributed by atoms with Gasteiger partial charge in [0.15, 0.2) is 12.3 Å². The van der Waals surface area contributed by atoms with E-state index in [1.165, 1.54) is 31.4 Å². The molecule has 11 heteroatoms. The predicted molar refractivity (Wildman–Crippen MR) is 123 cm³/mol. The van der Waals surface area contributed by atoms with Crippen molar-refractivity contribution in [2.24, 2.45) is 0 Å². The summed E-state index contributed by atoms with van der Waals surface area (Å²) >= 11 is 0. The van der Waals surface area contributed by atoms with Crippen LogP contribution in [0.3, 0.4) is 0 Å². The van der Waals surface area contributed by atoms with Crippen molar-refractivity contribution in [1.82, 2.24) is 9.13 Å². The van der Waals surface area contributed by atoms with Crippen molar-refractivity contribution in [1.29, 1.82) is 0 Å². The Morgan fingerprint density at radius 3 is 2.03 bits per heavy atom. The van der Waals surface area contributed by atoms with Crippen LogP contribution in [0.15, 0.2) is 82.5 Å². The first-order valence-electron chi connectivity index (χ1n) is 10.9. The maximum absolute atomic E-state index is 13.3. The van der Waals surface area contributed by atoms with Gasteiger partial charge < -0.3 is 18.9 Å². The van der Waals surface area contributed by atoms with Gasteiger partial charge in [0, 0.05) is 31.9 Å². The Morgan fingerprint density at radius 2 is 1.44 bits per heavy atom. The number of ether oxygens (including phenoxy) is 4. The summed E-state index contributed by atoms with van der Waals surface area (Å²) < 4.78 is 23.4. The summed E-state index contributed by atoms with van der Waals surface area (Å²) in [6.45, 7) is 1.14. The van der Waals surface area contributed by atoms with Crippen molar-refractivity contribution >= 4 is 17.8 Å². The third-order valence-electron chi connectivity index (χ3n) is 5.46. The molecular weight excluding hydrogens is 472 g/mol. The zero-order chi connectivity index (χ0) is 25.8. The highest BCUT2D eigenvalue weighted by Gasteiger charge is 2.51. The van der Waals surface area contributed by atoms with Crippen LogP contribution >= 0.6 is 0 Å². The molecule has 2 heterocycles. The van der Waals surface area contributed by atoms with Gasteiger partial charge in [-0.2, -0.15) is 4.57 Å². The molecule has 0 N–H and O–H groups in total. The molecule has 1 unspecified atom stereocenters. The molecule has 186 valence electrons. The molecule has 1 aliphatic rings. The minimum Gasteiger partial charge on any atom is -0.449 e. The van der Waals surface area contributed by atoms with Crippen molar-refractivity contribution in [3.63, 3.8) is 0 Å². The average molecular weight is 494 g/mol. The number of carbonyl (C=O) groups excluding carboxylic acids is 3. The van der Waals surface area contributed by atoms with Crippen LogP contribution in [0.4, 0.5) is 0 Å². The van der Waals surface area contributed by atoms with Crippen LogP contribution in [-0.2, 0) is 23.7 Å². The molecule has 4 atom stereocenters. The van der Waals surface area contributed by atoms with Gasteiger partial charge in [-0.3, -0.25) is 19.0 Å². The van der Waals surface area contributed by atoms with Gasteiger partial charge in [-0.15, -0.1) is 0 Å². The van der Waals surface area contributed by atoms with E-state index in [-0.39, 0.29) is 11.1 Å². The number of methoxy groups -OCH3 is 1. The molecule has 1 saturated heterocycles. The fourth-order valence-corrected chi connectivity index (χ4v) is 3.81. The molecule has 1 aliphatic heterocycles. The van der Waals surface area contributed by atoms with Crippen LogP contribution in [0.25, 0.3) is 0 Å². The second-order valence-electron chi connectivity index (χ2n) is 7.79. The number of benzene rings is 2.